The lowest BCUT2D eigenvalue weighted by Crippen LogP contribution is -2.32. The second kappa shape index (κ2) is 5.76. The summed E-state index contributed by atoms with van der Waals surface area (Å²) in [6.45, 7) is 12.3. The van der Waals surface area contributed by atoms with E-state index in [2.05, 4.69) is 61.3 Å². The van der Waals surface area contributed by atoms with Crippen molar-refractivity contribution in [1.82, 2.24) is 5.01 Å². The first-order valence-electron chi connectivity index (χ1n) is 7.62. The number of aryl methyl sites for hydroxylation is 1. The predicted molar refractivity (Wildman–Crippen MR) is 98.1 cm³/mol. The minimum Gasteiger partial charge on any atom is -0.286 e. The molecule has 0 saturated heterocycles. The smallest absolute Gasteiger partial charge is 0.109 e. The van der Waals surface area contributed by atoms with Gasteiger partial charge in [0, 0.05) is 7.05 Å². The van der Waals surface area contributed by atoms with Crippen LogP contribution in [0.15, 0.2) is 89.4 Å². The van der Waals surface area contributed by atoms with Crippen LogP contribution in [0.1, 0.15) is 12.5 Å². The molecule has 0 radical (unpaired) electrons. The fourth-order valence-electron chi connectivity index (χ4n) is 2.65. The molecule has 0 fully saturated rings. The number of allylic oxidation sites excluding steroid dienone is 6. The Hall–Kier alpha value is -2.81. The molecule has 0 bridgehead atoms. The molecule has 1 heterocycles. The Morgan fingerprint density at radius 3 is 2.13 bits per heavy atom. The first-order chi connectivity index (χ1) is 11.0. The van der Waals surface area contributed by atoms with E-state index in [0.29, 0.717) is 0 Å². The zero-order valence-electron chi connectivity index (χ0n) is 13.9. The third-order valence-electron chi connectivity index (χ3n) is 4.11. The molecule has 23 heavy (non-hydrogen) atoms. The molecule has 0 aromatic heterocycles. The van der Waals surface area contributed by atoms with E-state index in [1.54, 1.807) is 0 Å². The molecular formula is C20H21N3. The van der Waals surface area contributed by atoms with Gasteiger partial charge in [0.25, 0.3) is 0 Å². The van der Waals surface area contributed by atoms with Crippen molar-refractivity contribution in [3.05, 3.63) is 90.0 Å². The van der Waals surface area contributed by atoms with E-state index in [0.717, 1.165) is 34.1 Å². The summed E-state index contributed by atoms with van der Waals surface area (Å²) in [7, 11) is 2.03. The molecule has 116 valence electrons. The topological polar surface area (TPSA) is 18.8 Å². The average molecular weight is 303 g/mol. The van der Waals surface area contributed by atoms with E-state index in [1.165, 1.54) is 5.56 Å². The molecule has 0 unspecified atom stereocenters. The Kier molecular flexibility index (Phi) is 3.78. The third kappa shape index (κ3) is 2.78. The number of hydrazine groups is 1. The minimum absolute atomic E-state index is 0.882. The van der Waals surface area contributed by atoms with E-state index >= 15 is 0 Å². The summed E-state index contributed by atoms with van der Waals surface area (Å²) < 4.78 is 0. The van der Waals surface area contributed by atoms with Crippen LogP contribution < -0.4 is 5.01 Å². The zero-order chi connectivity index (χ0) is 16.6. The van der Waals surface area contributed by atoms with E-state index in [4.69, 9.17) is 4.99 Å². The Morgan fingerprint density at radius 2 is 1.52 bits per heavy atom. The molecule has 0 spiro atoms. The highest BCUT2D eigenvalue weighted by atomic mass is 15.6. The van der Waals surface area contributed by atoms with Gasteiger partial charge in [0.15, 0.2) is 0 Å². The van der Waals surface area contributed by atoms with Crippen molar-refractivity contribution >= 4 is 11.4 Å². The summed E-state index contributed by atoms with van der Waals surface area (Å²) in [5.74, 6) is 0. The highest BCUT2D eigenvalue weighted by Crippen LogP contribution is 2.35. The molecule has 1 aliphatic heterocycles. The molecule has 1 aromatic carbocycles. The van der Waals surface area contributed by atoms with Crippen molar-refractivity contribution < 1.29 is 0 Å². The molecule has 0 N–H and O–H groups in total. The van der Waals surface area contributed by atoms with Crippen LogP contribution in [0.4, 0.5) is 5.69 Å². The zero-order valence-corrected chi connectivity index (χ0v) is 13.9. The number of rotatable bonds is 2. The number of benzene rings is 1. The van der Waals surface area contributed by atoms with Crippen LogP contribution >= 0.6 is 0 Å². The van der Waals surface area contributed by atoms with Gasteiger partial charge in [-0.3, -0.25) is 10.0 Å². The minimum atomic E-state index is 0.882. The van der Waals surface area contributed by atoms with E-state index in [-0.39, 0.29) is 0 Å². The molecule has 1 aromatic rings. The largest absolute Gasteiger partial charge is 0.286 e. The number of hydrogen-bond acceptors (Lipinski definition) is 3. The average Bonchev–Trinajstić information content (AvgIpc) is 2.74. The summed E-state index contributed by atoms with van der Waals surface area (Å²) in [6.07, 6.45) is 7.89. The molecule has 3 heteroatoms. The van der Waals surface area contributed by atoms with Gasteiger partial charge in [0.1, 0.15) is 5.70 Å². The number of aliphatic imine (C=N–C) groups is 1. The maximum atomic E-state index is 4.77. The predicted octanol–water partition coefficient (Wildman–Crippen LogP) is 4.53. The quantitative estimate of drug-likeness (QED) is 0.799. The second-order valence-corrected chi connectivity index (χ2v) is 5.83. The van der Waals surface area contributed by atoms with Crippen LogP contribution in [0.2, 0.25) is 0 Å². The Labute approximate surface area is 137 Å². The molecule has 0 saturated carbocycles. The van der Waals surface area contributed by atoms with Crippen molar-refractivity contribution in [2.45, 2.75) is 13.8 Å². The van der Waals surface area contributed by atoms with Crippen molar-refractivity contribution in [2.24, 2.45) is 4.99 Å². The highest BCUT2D eigenvalue weighted by Gasteiger charge is 2.29. The van der Waals surface area contributed by atoms with Crippen molar-refractivity contribution in [2.75, 3.05) is 12.1 Å². The van der Waals surface area contributed by atoms with Crippen molar-refractivity contribution in [3.63, 3.8) is 0 Å². The van der Waals surface area contributed by atoms with Gasteiger partial charge < -0.3 is 0 Å². The maximum absolute atomic E-state index is 4.77. The van der Waals surface area contributed by atoms with E-state index in [1.807, 2.05) is 31.4 Å². The van der Waals surface area contributed by atoms with Crippen molar-refractivity contribution in [3.8, 4) is 0 Å². The summed E-state index contributed by atoms with van der Waals surface area (Å²) in [4.78, 5) is 4.77. The lowest BCUT2D eigenvalue weighted by molar-refractivity contribution is 0.438. The fraction of sp³-hybridized carbons (Fsp3) is 0.150. The summed E-state index contributed by atoms with van der Waals surface area (Å²) in [5.41, 5.74) is 7.09. The lowest BCUT2D eigenvalue weighted by atomic mass is 10.1. The van der Waals surface area contributed by atoms with Gasteiger partial charge in [-0.2, -0.15) is 0 Å². The number of hydrogen-bond donors (Lipinski definition) is 0. The Bertz CT molecular complexity index is 771. The van der Waals surface area contributed by atoms with Gasteiger partial charge in [0.05, 0.1) is 22.8 Å². The van der Waals surface area contributed by atoms with Gasteiger partial charge in [-0.05, 0) is 43.7 Å². The van der Waals surface area contributed by atoms with Crippen LogP contribution in [-0.2, 0) is 0 Å². The molecule has 2 aliphatic rings. The fourth-order valence-corrected chi connectivity index (χ4v) is 2.65. The normalized spacial score (nSPS) is 17.6. The van der Waals surface area contributed by atoms with E-state index in [9.17, 15) is 0 Å². The molecule has 3 nitrogen and oxygen atoms in total. The summed E-state index contributed by atoms with van der Waals surface area (Å²) in [6, 6.07) is 8.41. The van der Waals surface area contributed by atoms with Crippen LogP contribution in [-0.4, -0.2) is 17.8 Å². The third-order valence-corrected chi connectivity index (χ3v) is 4.11. The van der Waals surface area contributed by atoms with E-state index < -0.39 is 0 Å². The van der Waals surface area contributed by atoms with Crippen LogP contribution in [0, 0.1) is 6.92 Å². The lowest BCUT2D eigenvalue weighted by Gasteiger charge is -2.29. The molecule has 3 rings (SSSR count). The van der Waals surface area contributed by atoms with Gasteiger partial charge in [-0.15, -0.1) is 0 Å². The Morgan fingerprint density at radius 1 is 0.913 bits per heavy atom. The molecule has 0 atom stereocenters. The Balaban J connectivity index is 1.94. The highest BCUT2D eigenvalue weighted by molar-refractivity contribution is 6.06. The van der Waals surface area contributed by atoms with Gasteiger partial charge in [0.2, 0.25) is 0 Å². The monoisotopic (exact) mass is 303 g/mol. The molecule has 0 amide bonds. The van der Waals surface area contributed by atoms with Crippen LogP contribution in [0.5, 0.6) is 0 Å². The summed E-state index contributed by atoms with van der Waals surface area (Å²) >= 11 is 0. The molecular weight excluding hydrogens is 282 g/mol. The van der Waals surface area contributed by atoms with Gasteiger partial charge in [-0.1, -0.05) is 43.0 Å². The van der Waals surface area contributed by atoms with Crippen LogP contribution in [0.25, 0.3) is 0 Å². The molecule has 1 aliphatic carbocycles. The van der Waals surface area contributed by atoms with Crippen molar-refractivity contribution in [1.29, 1.82) is 0 Å². The second-order valence-electron chi connectivity index (χ2n) is 5.83. The van der Waals surface area contributed by atoms with Gasteiger partial charge in [-0.25, -0.2) is 4.99 Å². The van der Waals surface area contributed by atoms with Crippen LogP contribution in [0.3, 0.4) is 0 Å². The maximum Gasteiger partial charge on any atom is 0.109 e. The first-order valence-corrected chi connectivity index (χ1v) is 7.62. The van der Waals surface area contributed by atoms with Gasteiger partial charge >= 0.3 is 0 Å². The number of anilines is 1. The SMILES string of the molecule is C=C1C=CC(=NC2=C(C)N(C)N(c3ccc(C)cc3)C2=C)C=C1. The standard InChI is InChI=1S/C20H21N3/c1-14-6-10-18(11-7-14)21-20-16(3)22(5)23(17(20)4)19-12-8-15(2)9-13-19/h6-13H,1,4H2,2-3,5H3. The first kappa shape index (κ1) is 15.1. The summed E-state index contributed by atoms with van der Waals surface area (Å²) in [5, 5.41) is 4.17. The number of nitrogens with zero attached hydrogens (tertiary/aromatic N) is 3.